The minimum atomic E-state index is -0.0744. The number of aromatic nitrogens is 4. The molecule has 1 aromatic heterocycles. The van der Waals surface area contributed by atoms with E-state index >= 15 is 0 Å². The van der Waals surface area contributed by atoms with Gasteiger partial charge in [-0.15, -0.1) is 15.9 Å². The normalized spacial score (nSPS) is 11.3. The fraction of sp³-hybridized carbons (Fsp3) is 0.667. The fourth-order valence-corrected chi connectivity index (χ4v) is 3.22. The summed E-state index contributed by atoms with van der Waals surface area (Å²) in [5.74, 6) is 1.63. The number of hydrogen-bond donors (Lipinski definition) is 1. The van der Waals surface area contributed by atoms with E-state index in [0.29, 0.717) is 6.61 Å². The molecule has 0 fully saturated rings. The fourth-order valence-electron chi connectivity index (χ4n) is 3.22. The Kier molecular flexibility index (Phi) is 11.1. The molecule has 0 unspecified atom stereocenters. The molecule has 1 heterocycles. The second-order valence-corrected chi connectivity index (χ2v) is 7.80. The molecular formula is C21H33N4NaO2. The van der Waals surface area contributed by atoms with Crippen molar-refractivity contribution in [2.45, 2.75) is 84.5 Å². The van der Waals surface area contributed by atoms with Gasteiger partial charge in [0.15, 0.2) is 5.82 Å². The number of benzene rings is 1. The molecule has 2 rings (SSSR count). The van der Waals surface area contributed by atoms with Crippen molar-refractivity contribution >= 4 is 0 Å². The van der Waals surface area contributed by atoms with Crippen LogP contribution in [0.1, 0.15) is 83.2 Å². The summed E-state index contributed by atoms with van der Waals surface area (Å²) in [4.78, 5) is 0. The zero-order valence-corrected chi connectivity index (χ0v) is 20.2. The van der Waals surface area contributed by atoms with Gasteiger partial charge in [-0.1, -0.05) is 63.8 Å². The third-order valence-corrected chi connectivity index (χ3v) is 5.08. The Morgan fingerprint density at radius 3 is 2.50 bits per heavy atom. The first kappa shape index (κ1) is 24.9. The summed E-state index contributed by atoms with van der Waals surface area (Å²) in [5, 5.41) is 26.6. The van der Waals surface area contributed by atoms with Gasteiger partial charge >= 0.3 is 29.6 Å². The molecule has 0 saturated carbocycles. The summed E-state index contributed by atoms with van der Waals surface area (Å²) in [7, 11) is 0. The Labute approximate surface area is 191 Å². The average molecular weight is 397 g/mol. The van der Waals surface area contributed by atoms with E-state index in [1.807, 2.05) is 6.07 Å². The maximum Gasteiger partial charge on any atom is 1.00 e. The van der Waals surface area contributed by atoms with Crippen LogP contribution in [-0.4, -0.2) is 27.2 Å². The number of tetrazole rings is 1. The van der Waals surface area contributed by atoms with Crippen LogP contribution in [0, 0.1) is 0 Å². The van der Waals surface area contributed by atoms with Gasteiger partial charge in [-0.25, -0.2) is 0 Å². The molecule has 0 aliphatic heterocycles. The van der Waals surface area contributed by atoms with Gasteiger partial charge in [0, 0.05) is 5.41 Å². The Balaban J connectivity index is 0.00000392. The number of ether oxygens (including phenoxy) is 1. The van der Waals surface area contributed by atoms with Gasteiger partial charge < -0.3 is 9.84 Å². The van der Waals surface area contributed by atoms with Crippen molar-refractivity contribution in [3.63, 3.8) is 0 Å². The number of aryl methyl sites for hydroxylation is 2. The van der Waals surface area contributed by atoms with Gasteiger partial charge in [-0.05, 0) is 43.7 Å². The minimum Gasteiger partial charge on any atom is -0.872 e. The Morgan fingerprint density at radius 2 is 1.86 bits per heavy atom. The second-order valence-electron chi connectivity index (χ2n) is 7.80. The van der Waals surface area contributed by atoms with E-state index in [4.69, 9.17) is 4.74 Å². The van der Waals surface area contributed by atoms with Crippen LogP contribution in [0.25, 0.3) is 0 Å². The molecule has 1 N–H and O–H groups in total. The van der Waals surface area contributed by atoms with Crippen molar-refractivity contribution < 1.29 is 39.4 Å². The molecule has 0 bridgehead atoms. The maximum atomic E-state index is 12.3. The predicted molar refractivity (Wildman–Crippen MR) is 105 cm³/mol. The van der Waals surface area contributed by atoms with E-state index in [-0.39, 0.29) is 40.7 Å². The number of unbranched alkanes of at least 4 members (excludes halogenated alkanes) is 3. The van der Waals surface area contributed by atoms with Crippen molar-refractivity contribution in [1.29, 1.82) is 0 Å². The van der Waals surface area contributed by atoms with Crippen molar-refractivity contribution in [2.75, 3.05) is 6.61 Å². The SMILES string of the molecule is CCCCc1cc(CC)c(OCCCCCC(C)(C)c2nn[nH]n2)cc1[O-].[Na+]. The van der Waals surface area contributed by atoms with Gasteiger partial charge in [0.25, 0.3) is 0 Å². The summed E-state index contributed by atoms with van der Waals surface area (Å²) in [5.41, 5.74) is 1.98. The molecule has 0 saturated heterocycles. The Morgan fingerprint density at radius 1 is 1.07 bits per heavy atom. The average Bonchev–Trinajstić information content (AvgIpc) is 3.19. The zero-order chi connectivity index (χ0) is 19.7. The van der Waals surface area contributed by atoms with Crippen molar-refractivity contribution in [1.82, 2.24) is 20.6 Å². The van der Waals surface area contributed by atoms with E-state index in [9.17, 15) is 5.11 Å². The van der Waals surface area contributed by atoms with Crippen molar-refractivity contribution in [3.05, 3.63) is 29.1 Å². The topological polar surface area (TPSA) is 86.8 Å². The first-order chi connectivity index (χ1) is 13.0. The monoisotopic (exact) mass is 396 g/mol. The van der Waals surface area contributed by atoms with Crippen LogP contribution in [0.15, 0.2) is 12.1 Å². The minimum absolute atomic E-state index is 0. The summed E-state index contributed by atoms with van der Waals surface area (Å²) < 4.78 is 5.93. The largest absolute Gasteiger partial charge is 1.00 e. The molecule has 0 spiro atoms. The van der Waals surface area contributed by atoms with Gasteiger partial charge in [0.1, 0.15) is 5.75 Å². The molecule has 0 amide bonds. The number of hydrogen-bond acceptors (Lipinski definition) is 5. The molecule has 7 heteroatoms. The van der Waals surface area contributed by atoms with E-state index in [0.717, 1.165) is 74.1 Å². The quantitative estimate of drug-likeness (QED) is 0.429. The summed E-state index contributed by atoms with van der Waals surface area (Å²) >= 11 is 0. The number of H-pyrrole nitrogens is 1. The first-order valence-corrected chi connectivity index (χ1v) is 10.2. The van der Waals surface area contributed by atoms with Crippen molar-refractivity contribution in [2.24, 2.45) is 0 Å². The number of aromatic amines is 1. The summed E-state index contributed by atoms with van der Waals surface area (Å²) in [6, 6.07) is 3.73. The van der Waals surface area contributed by atoms with E-state index in [1.54, 1.807) is 6.07 Å². The smallest absolute Gasteiger partial charge is 0.872 e. The van der Waals surface area contributed by atoms with E-state index in [2.05, 4.69) is 48.3 Å². The summed E-state index contributed by atoms with van der Waals surface area (Å²) in [6.45, 7) is 9.17. The number of rotatable bonds is 12. The van der Waals surface area contributed by atoms with Crippen LogP contribution in [0.3, 0.4) is 0 Å². The van der Waals surface area contributed by atoms with Crippen LogP contribution < -0.4 is 39.4 Å². The third-order valence-electron chi connectivity index (χ3n) is 5.08. The van der Waals surface area contributed by atoms with Crippen LogP contribution >= 0.6 is 0 Å². The molecule has 0 aliphatic rings. The first-order valence-electron chi connectivity index (χ1n) is 10.2. The maximum absolute atomic E-state index is 12.3. The number of nitrogens with one attached hydrogen (secondary N) is 1. The van der Waals surface area contributed by atoms with Gasteiger partial charge in [-0.2, -0.15) is 5.21 Å². The molecule has 28 heavy (non-hydrogen) atoms. The van der Waals surface area contributed by atoms with Crippen LogP contribution in [0.2, 0.25) is 0 Å². The third kappa shape index (κ3) is 7.37. The second kappa shape index (κ2) is 12.5. The van der Waals surface area contributed by atoms with E-state index < -0.39 is 0 Å². The zero-order valence-electron chi connectivity index (χ0n) is 18.2. The van der Waals surface area contributed by atoms with Crippen LogP contribution in [0.5, 0.6) is 11.5 Å². The Hall–Kier alpha value is -1.11. The molecule has 1 aromatic carbocycles. The van der Waals surface area contributed by atoms with Crippen molar-refractivity contribution in [3.8, 4) is 11.5 Å². The number of nitrogens with zero attached hydrogens (tertiary/aromatic N) is 3. The molecule has 2 aromatic rings. The molecule has 6 nitrogen and oxygen atoms in total. The molecule has 150 valence electrons. The van der Waals surface area contributed by atoms with Gasteiger partial charge in [0.2, 0.25) is 0 Å². The van der Waals surface area contributed by atoms with E-state index in [1.165, 1.54) is 0 Å². The van der Waals surface area contributed by atoms with Gasteiger partial charge in [0.05, 0.1) is 6.61 Å². The molecule has 0 aliphatic carbocycles. The Bertz CT molecular complexity index is 690. The van der Waals surface area contributed by atoms with Gasteiger partial charge in [-0.3, -0.25) is 0 Å². The van der Waals surface area contributed by atoms with Crippen LogP contribution in [0.4, 0.5) is 0 Å². The van der Waals surface area contributed by atoms with Crippen LogP contribution in [-0.2, 0) is 18.3 Å². The standard InChI is InChI=1S/C21H34N4O2.Na/c1-5-7-11-17-14-16(6-2)19(15-18(17)26)27-13-10-8-9-12-21(3,4)20-22-24-25-23-20;/h14-15,26H,5-13H2,1-4H3,(H,22,23,24,25);/q;+1/p-1. The molecular weight excluding hydrogens is 363 g/mol. The summed E-state index contributed by atoms with van der Waals surface area (Å²) in [6.07, 6.45) is 8.02. The molecule has 0 radical (unpaired) electrons. The molecule has 0 atom stereocenters. The predicted octanol–water partition coefficient (Wildman–Crippen LogP) is 1.10.